The van der Waals surface area contributed by atoms with E-state index in [1.807, 2.05) is 0 Å². The highest BCUT2D eigenvalue weighted by Gasteiger charge is 2.09. The summed E-state index contributed by atoms with van der Waals surface area (Å²) in [6.07, 6.45) is 0. The van der Waals surface area contributed by atoms with Crippen LogP contribution >= 0.6 is 0 Å². The van der Waals surface area contributed by atoms with Crippen molar-refractivity contribution in [3.8, 4) is 11.5 Å². The minimum absolute atomic E-state index is 0.0711. The van der Waals surface area contributed by atoms with Crippen molar-refractivity contribution in [2.24, 2.45) is 0 Å². The maximum Gasteiger partial charge on any atom is 0.313 e. The number of rotatable bonds is 1. The number of hydrogen-bond acceptors (Lipinski definition) is 4. The van der Waals surface area contributed by atoms with Crippen molar-refractivity contribution in [2.75, 3.05) is 5.73 Å². The fraction of sp³-hybridized carbons (Fsp3) is 0. The first-order valence-corrected chi connectivity index (χ1v) is 3.61. The van der Waals surface area contributed by atoms with Crippen LogP contribution in [0.25, 0.3) is 11.5 Å². The van der Waals surface area contributed by atoms with E-state index in [-0.39, 0.29) is 17.5 Å². The van der Waals surface area contributed by atoms with Gasteiger partial charge in [-0.25, -0.2) is 4.39 Å². The van der Waals surface area contributed by atoms with Crippen molar-refractivity contribution < 1.29 is 8.81 Å². The van der Waals surface area contributed by atoms with Gasteiger partial charge in [0.15, 0.2) is 0 Å². The first-order chi connectivity index (χ1) is 6.27. The molecule has 5 heteroatoms. The highest BCUT2D eigenvalue weighted by atomic mass is 19.1. The van der Waals surface area contributed by atoms with Crippen LogP contribution in [0.15, 0.2) is 28.7 Å². The summed E-state index contributed by atoms with van der Waals surface area (Å²) >= 11 is 0. The van der Waals surface area contributed by atoms with Crippen molar-refractivity contribution in [1.82, 2.24) is 10.2 Å². The quantitative estimate of drug-likeness (QED) is 0.719. The van der Waals surface area contributed by atoms with E-state index in [1.54, 1.807) is 18.2 Å². The van der Waals surface area contributed by atoms with Crippen LogP contribution in [-0.2, 0) is 0 Å². The fourth-order valence-electron chi connectivity index (χ4n) is 0.978. The number of hydrogen-bond donors (Lipinski definition) is 1. The standard InChI is InChI=1S/C8H6FN3O/c9-6-4-2-1-3-5(6)7-11-12-8(10)13-7/h1-4H,(H2,10,12). The number of halogens is 1. The van der Waals surface area contributed by atoms with Gasteiger partial charge in [-0.1, -0.05) is 17.2 Å². The van der Waals surface area contributed by atoms with Crippen molar-refractivity contribution in [1.29, 1.82) is 0 Å². The second kappa shape index (κ2) is 2.85. The Kier molecular flexibility index (Phi) is 1.70. The molecule has 1 aromatic carbocycles. The van der Waals surface area contributed by atoms with Gasteiger partial charge in [0.25, 0.3) is 5.89 Å². The molecule has 2 rings (SSSR count). The van der Waals surface area contributed by atoms with E-state index in [0.29, 0.717) is 0 Å². The molecular weight excluding hydrogens is 173 g/mol. The Balaban J connectivity index is 2.52. The zero-order chi connectivity index (χ0) is 9.26. The molecular formula is C8H6FN3O. The number of benzene rings is 1. The number of aromatic nitrogens is 2. The van der Waals surface area contributed by atoms with Gasteiger partial charge in [0, 0.05) is 0 Å². The second-order valence-corrected chi connectivity index (χ2v) is 2.43. The topological polar surface area (TPSA) is 64.9 Å². The largest absolute Gasteiger partial charge is 0.403 e. The molecule has 0 unspecified atom stereocenters. The summed E-state index contributed by atoms with van der Waals surface area (Å²) in [6, 6.07) is 6.05. The number of nitrogen functional groups attached to an aromatic ring is 1. The monoisotopic (exact) mass is 179 g/mol. The zero-order valence-electron chi connectivity index (χ0n) is 6.57. The SMILES string of the molecule is Nc1nnc(-c2ccccc2F)o1. The third-order valence-electron chi connectivity index (χ3n) is 1.54. The molecule has 0 spiro atoms. The molecule has 0 saturated heterocycles. The minimum Gasteiger partial charge on any atom is -0.403 e. The molecule has 0 amide bonds. The highest BCUT2D eigenvalue weighted by Crippen LogP contribution is 2.20. The van der Waals surface area contributed by atoms with E-state index >= 15 is 0 Å². The molecule has 0 aliphatic carbocycles. The molecule has 4 nitrogen and oxygen atoms in total. The first-order valence-electron chi connectivity index (χ1n) is 3.61. The summed E-state index contributed by atoms with van der Waals surface area (Å²) in [5.41, 5.74) is 5.46. The fourth-order valence-corrected chi connectivity index (χ4v) is 0.978. The zero-order valence-corrected chi connectivity index (χ0v) is 6.57. The number of nitrogens with zero attached hydrogens (tertiary/aromatic N) is 2. The van der Waals surface area contributed by atoms with Crippen LogP contribution < -0.4 is 5.73 Å². The summed E-state index contributed by atoms with van der Waals surface area (Å²) in [7, 11) is 0. The van der Waals surface area contributed by atoms with Gasteiger partial charge in [-0.3, -0.25) is 0 Å². The minimum atomic E-state index is -0.411. The van der Waals surface area contributed by atoms with Crippen LogP contribution in [-0.4, -0.2) is 10.2 Å². The third-order valence-corrected chi connectivity index (χ3v) is 1.54. The Labute approximate surface area is 73.2 Å². The van der Waals surface area contributed by atoms with Gasteiger partial charge in [-0.15, -0.1) is 5.10 Å². The van der Waals surface area contributed by atoms with Crippen molar-refractivity contribution in [2.45, 2.75) is 0 Å². The summed E-state index contributed by atoms with van der Waals surface area (Å²) in [5, 5.41) is 6.99. The summed E-state index contributed by atoms with van der Waals surface area (Å²) in [4.78, 5) is 0. The smallest absolute Gasteiger partial charge is 0.313 e. The lowest BCUT2D eigenvalue weighted by molar-refractivity contribution is 0.575. The van der Waals surface area contributed by atoms with Gasteiger partial charge in [0.05, 0.1) is 5.56 Å². The Bertz CT molecular complexity index is 427. The number of anilines is 1. The van der Waals surface area contributed by atoms with E-state index < -0.39 is 5.82 Å². The van der Waals surface area contributed by atoms with E-state index in [9.17, 15) is 4.39 Å². The van der Waals surface area contributed by atoms with E-state index in [1.165, 1.54) is 6.07 Å². The molecule has 0 saturated carbocycles. The molecule has 1 heterocycles. The third kappa shape index (κ3) is 1.35. The van der Waals surface area contributed by atoms with Gasteiger partial charge in [-0.2, -0.15) is 0 Å². The molecule has 0 atom stereocenters. The maximum absolute atomic E-state index is 13.1. The molecule has 2 aromatic rings. The van der Waals surface area contributed by atoms with Crippen LogP contribution in [0.4, 0.5) is 10.4 Å². The van der Waals surface area contributed by atoms with Crippen molar-refractivity contribution in [3.05, 3.63) is 30.1 Å². The molecule has 66 valence electrons. The van der Waals surface area contributed by atoms with Crippen molar-refractivity contribution >= 4 is 6.01 Å². The molecule has 2 N–H and O–H groups in total. The van der Waals surface area contributed by atoms with Gasteiger partial charge < -0.3 is 10.2 Å². The van der Waals surface area contributed by atoms with Gasteiger partial charge in [0.1, 0.15) is 5.82 Å². The van der Waals surface area contributed by atoms with E-state index in [4.69, 9.17) is 10.2 Å². The Morgan fingerprint density at radius 1 is 1.23 bits per heavy atom. The maximum atomic E-state index is 13.1. The molecule has 0 aliphatic heterocycles. The predicted molar refractivity (Wildman–Crippen MR) is 44.1 cm³/mol. The molecule has 13 heavy (non-hydrogen) atoms. The Hall–Kier alpha value is -1.91. The van der Waals surface area contributed by atoms with Gasteiger partial charge >= 0.3 is 6.01 Å². The first kappa shape index (κ1) is 7.72. The summed E-state index contributed by atoms with van der Waals surface area (Å²) < 4.78 is 18.0. The van der Waals surface area contributed by atoms with Crippen LogP contribution in [0.3, 0.4) is 0 Å². The Morgan fingerprint density at radius 2 is 2.00 bits per heavy atom. The van der Waals surface area contributed by atoms with Crippen LogP contribution in [0.5, 0.6) is 0 Å². The van der Waals surface area contributed by atoms with Crippen LogP contribution in [0, 0.1) is 5.82 Å². The normalized spacial score (nSPS) is 10.2. The average molecular weight is 179 g/mol. The lowest BCUT2D eigenvalue weighted by atomic mass is 10.2. The molecule has 0 bridgehead atoms. The second-order valence-electron chi connectivity index (χ2n) is 2.43. The van der Waals surface area contributed by atoms with E-state index in [0.717, 1.165) is 0 Å². The average Bonchev–Trinajstić information content (AvgIpc) is 2.53. The summed E-state index contributed by atoms with van der Waals surface area (Å²) in [5.74, 6) is -0.318. The number of nitrogens with two attached hydrogens (primary N) is 1. The molecule has 0 radical (unpaired) electrons. The molecule has 0 aliphatic rings. The van der Waals surface area contributed by atoms with Gasteiger partial charge in [0.2, 0.25) is 0 Å². The van der Waals surface area contributed by atoms with E-state index in [2.05, 4.69) is 10.2 Å². The molecule has 0 fully saturated rings. The molecule has 1 aromatic heterocycles. The van der Waals surface area contributed by atoms with Crippen molar-refractivity contribution in [3.63, 3.8) is 0 Å². The lowest BCUT2D eigenvalue weighted by Gasteiger charge is -1.94. The Morgan fingerprint density at radius 3 is 2.62 bits per heavy atom. The van der Waals surface area contributed by atoms with Crippen LogP contribution in [0.1, 0.15) is 0 Å². The lowest BCUT2D eigenvalue weighted by Crippen LogP contribution is -1.82. The van der Waals surface area contributed by atoms with Gasteiger partial charge in [-0.05, 0) is 12.1 Å². The predicted octanol–water partition coefficient (Wildman–Crippen LogP) is 1.46. The highest BCUT2D eigenvalue weighted by molar-refractivity contribution is 5.53. The summed E-state index contributed by atoms with van der Waals surface area (Å²) in [6.45, 7) is 0. The van der Waals surface area contributed by atoms with Crippen LogP contribution in [0.2, 0.25) is 0 Å².